The Labute approximate surface area is 114 Å². The first-order chi connectivity index (χ1) is 8.59. The maximum absolute atomic E-state index is 12.6. The van der Waals surface area contributed by atoms with Crippen molar-refractivity contribution in [3.05, 3.63) is 33.8 Å². The van der Waals surface area contributed by atoms with Crippen LogP contribution in [0.2, 0.25) is 5.02 Å². The van der Waals surface area contributed by atoms with E-state index in [0.29, 0.717) is 22.6 Å². The minimum absolute atomic E-state index is 0.270. The van der Waals surface area contributed by atoms with Crippen LogP contribution in [-0.2, 0) is 0 Å². The molecule has 2 aliphatic carbocycles. The Kier molecular flexibility index (Phi) is 2.97. The first-order valence-electron chi connectivity index (χ1n) is 6.90. The number of benzene rings is 1. The summed E-state index contributed by atoms with van der Waals surface area (Å²) in [6.07, 6.45) is 5.07. The summed E-state index contributed by atoms with van der Waals surface area (Å²) in [5, 5.41) is 0.631. The SMILES string of the molecule is Cc1cc(Cl)c(C(=O)C2C3CCCCC32)cc1C. The van der Waals surface area contributed by atoms with Gasteiger partial charge in [-0.3, -0.25) is 4.79 Å². The summed E-state index contributed by atoms with van der Waals surface area (Å²) in [4.78, 5) is 12.6. The molecule has 1 aromatic rings. The first-order valence-corrected chi connectivity index (χ1v) is 7.28. The molecule has 0 spiro atoms. The second kappa shape index (κ2) is 4.38. The first kappa shape index (κ1) is 12.2. The van der Waals surface area contributed by atoms with E-state index < -0.39 is 0 Å². The number of rotatable bonds is 2. The maximum Gasteiger partial charge on any atom is 0.168 e. The van der Waals surface area contributed by atoms with Gasteiger partial charge in [0.05, 0.1) is 5.02 Å². The summed E-state index contributed by atoms with van der Waals surface area (Å²) in [5.41, 5.74) is 3.07. The largest absolute Gasteiger partial charge is 0.294 e. The van der Waals surface area contributed by atoms with Crippen LogP contribution < -0.4 is 0 Å². The van der Waals surface area contributed by atoms with Crippen molar-refractivity contribution < 1.29 is 4.79 Å². The summed E-state index contributed by atoms with van der Waals surface area (Å²) in [6.45, 7) is 4.08. The molecule has 0 heterocycles. The molecule has 2 saturated carbocycles. The highest BCUT2D eigenvalue weighted by molar-refractivity contribution is 6.34. The molecule has 2 fully saturated rings. The van der Waals surface area contributed by atoms with Gasteiger partial charge in [-0.05, 0) is 61.8 Å². The van der Waals surface area contributed by atoms with Crippen LogP contribution in [0.25, 0.3) is 0 Å². The molecule has 3 rings (SSSR count). The van der Waals surface area contributed by atoms with E-state index in [1.807, 2.05) is 26.0 Å². The second-order valence-electron chi connectivity index (χ2n) is 5.92. The fraction of sp³-hybridized carbons (Fsp3) is 0.562. The van der Waals surface area contributed by atoms with Gasteiger partial charge in [0.15, 0.2) is 5.78 Å². The normalized spacial score (nSPS) is 29.8. The highest BCUT2D eigenvalue weighted by atomic mass is 35.5. The van der Waals surface area contributed by atoms with Crippen molar-refractivity contribution in [3.63, 3.8) is 0 Å². The van der Waals surface area contributed by atoms with Gasteiger partial charge in [-0.2, -0.15) is 0 Å². The van der Waals surface area contributed by atoms with Crippen molar-refractivity contribution in [1.29, 1.82) is 0 Å². The van der Waals surface area contributed by atoms with Crippen LogP contribution in [0, 0.1) is 31.6 Å². The lowest BCUT2D eigenvalue weighted by Crippen LogP contribution is -2.06. The molecular weight excluding hydrogens is 244 g/mol. The molecular formula is C16H19ClO. The third-order valence-corrected chi connectivity index (χ3v) is 5.12. The molecule has 1 aromatic carbocycles. The topological polar surface area (TPSA) is 17.1 Å². The van der Waals surface area contributed by atoms with Crippen LogP contribution in [-0.4, -0.2) is 5.78 Å². The van der Waals surface area contributed by atoms with Gasteiger partial charge in [-0.15, -0.1) is 0 Å². The molecule has 2 heteroatoms. The zero-order valence-electron chi connectivity index (χ0n) is 11.0. The van der Waals surface area contributed by atoms with E-state index >= 15 is 0 Å². The third-order valence-electron chi connectivity index (χ3n) is 4.81. The molecule has 96 valence electrons. The number of carbonyl (C=O) groups excluding carboxylic acids is 1. The van der Waals surface area contributed by atoms with Crippen LogP contribution >= 0.6 is 11.6 Å². The van der Waals surface area contributed by atoms with E-state index in [1.165, 1.54) is 25.7 Å². The number of carbonyl (C=O) groups is 1. The van der Waals surface area contributed by atoms with Crippen LogP contribution in [0.4, 0.5) is 0 Å². The summed E-state index contributed by atoms with van der Waals surface area (Å²) >= 11 is 6.24. The molecule has 0 N–H and O–H groups in total. The van der Waals surface area contributed by atoms with Gasteiger partial charge in [0.25, 0.3) is 0 Å². The number of halogens is 1. The molecule has 0 aliphatic heterocycles. The van der Waals surface area contributed by atoms with Crippen molar-refractivity contribution in [2.24, 2.45) is 17.8 Å². The zero-order chi connectivity index (χ0) is 12.9. The van der Waals surface area contributed by atoms with Crippen molar-refractivity contribution in [3.8, 4) is 0 Å². The van der Waals surface area contributed by atoms with Gasteiger partial charge in [0.2, 0.25) is 0 Å². The predicted octanol–water partition coefficient (Wildman–Crippen LogP) is 4.58. The Morgan fingerprint density at radius 3 is 2.28 bits per heavy atom. The summed E-state index contributed by atoms with van der Waals surface area (Å²) in [6, 6.07) is 3.90. The number of hydrogen-bond acceptors (Lipinski definition) is 1. The zero-order valence-corrected chi connectivity index (χ0v) is 11.8. The van der Waals surface area contributed by atoms with Gasteiger partial charge in [0, 0.05) is 11.5 Å². The molecule has 0 saturated heterocycles. The highest BCUT2D eigenvalue weighted by Gasteiger charge is 2.54. The predicted molar refractivity (Wildman–Crippen MR) is 74.2 cm³/mol. The van der Waals surface area contributed by atoms with Crippen molar-refractivity contribution in [2.45, 2.75) is 39.5 Å². The van der Waals surface area contributed by atoms with Crippen molar-refractivity contribution in [1.82, 2.24) is 0 Å². The number of hydrogen-bond donors (Lipinski definition) is 0. The molecule has 2 aliphatic rings. The van der Waals surface area contributed by atoms with E-state index in [-0.39, 0.29) is 5.92 Å². The Bertz CT molecular complexity index is 494. The maximum atomic E-state index is 12.6. The smallest absolute Gasteiger partial charge is 0.168 e. The monoisotopic (exact) mass is 262 g/mol. The summed E-state index contributed by atoms with van der Waals surface area (Å²) < 4.78 is 0. The quantitative estimate of drug-likeness (QED) is 0.713. The van der Waals surface area contributed by atoms with Crippen LogP contribution in [0.15, 0.2) is 12.1 Å². The minimum Gasteiger partial charge on any atom is -0.294 e. The Hall–Kier alpha value is -0.820. The van der Waals surface area contributed by atoms with Crippen LogP contribution in [0.3, 0.4) is 0 Å². The van der Waals surface area contributed by atoms with Gasteiger partial charge < -0.3 is 0 Å². The Balaban J connectivity index is 1.87. The fourth-order valence-electron chi connectivity index (χ4n) is 3.53. The highest BCUT2D eigenvalue weighted by Crippen LogP contribution is 2.56. The summed E-state index contributed by atoms with van der Waals surface area (Å²) in [7, 11) is 0. The third kappa shape index (κ3) is 1.89. The van der Waals surface area contributed by atoms with Gasteiger partial charge in [-0.25, -0.2) is 0 Å². The molecule has 0 bridgehead atoms. The van der Waals surface area contributed by atoms with Gasteiger partial charge in [0.1, 0.15) is 0 Å². The van der Waals surface area contributed by atoms with E-state index in [1.54, 1.807) is 0 Å². The molecule has 0 aromatic heterocycles. The fourth-order valence-corrected chi connectivity index (χ4v) is 3.84. The number of aryl methyl sites for hydroxylation is 2. The Morgan fingerprint density at radius 2 is 1.67 bits per heavy atom. The molecule has 2 atom stereocenters. The number of ketones is 1. The summed E-state index contributed by atoms with van der Waals surface area (Å²) in [5.74, 6) is 1.87. The van der Waals surface area contributed by atoms with E-state index in [0.717, 1.165) is 16.7 Å². The average Bonchev–Trinajstić information content (AvgIpc) is 3.07. The minimum atomic E-state index is 0.270. The van der Waals surface area contributed by atoms with Crippen molar-refractivity contribution in [2.75, 3.05) is 0 Å². The van der Waals surface area contributed by atoms with Gasteiger partial charge >= 0.3 is 0 Å². The lowest BCUT2D eigenvalue weighted by molar-refractivity contribution is 0.0956. The number of Topliss-reactive ketones (excluding diaryl/α,β-unsaturated/α-hetero) is 1. The lowest BCUT2D eigenvalue weighted by Gasteiger charge is -2.07. The molecule has 0 amide bonds. The van der Waals surface area contributed by atoms with E-state index in [4.69, 9.17) is 11.6 Å². The van der Waals surface area contributed by atoms with E-state index in [9.17, 15) is 4.79 Å². The standard InChI is InChI=1S/C16H19ClO/c1-9-7-13(14(17)8-10(9)2)16(18)15-11-5-3-4-6-12(11)15/h7-8,11-12,15H,3-6H2,1-2H3. The van der Waals surface area contributed by atoms with Crippen LogP contribution in [0.1, 0.15) is 47.2 Å². The molecule has 0 radical (unpaired) electrons. The lowest BCUT2D eigenvalue weighted by atomic mass is 10.00. The van der Waals surface area contributed by atoms with Crippen LogP contribution in [0.5, 0.6) is 0 Å². The second-order valence-corrected chi connectivity index (χ2v) is 6.33. The number of fused-ring (bicyclic) bond motifs is 1. The Morgan fingerprint density at radius 1 is 1.11 bits per heavy atom. The van der Waals surface area contributed by atoms with E-state index in [2.05, 4.69) is 0 Å². The molecule has 2 unspecified atom stereocenters. The average molecular weight is 263 g/mol. The van der Waals surface area contributed by atoms with Gasteiger partial charge in [-0.1, -0.05) is 24.4 Å². The van der Waals surface area contributed by atoms with Crippen molar-refractivity contribution >= 4 is 17.4 Å². The molecule has 1 nitrogen and oxygen atoms in total. The molecule has 18 heavy (non-hydrogen) atoms.